The molecule has 0 atom stereocenters. The molecule has 0 aromatic carbocycles. The molecule has 3 heteroatoms. The van der Waals surface area contributed by atoms with Crippen molar-refractivity contribution in [3.8, 4) is 0 Å². The van der Waals surface area contributed by atoms with E-state index in [9.17, 15) is 0 Å². The fourth-order valence-electron chi connectivity index (χ4n) is 1.31. The quantitative estimate of drug-likeness (QED) is 0.548. The van der Waals surface area contributed by atoms with E-state index in [1.807, 2.05) is 0 Å². The van der Waals surface area contributed by atoms with Crippen molar-refractivity contribution in [2.24, 2.45) is 5.41 Å². The maximum atomic E-state index is 5.35. The molecule has 3 nitrogen and oxygen atoms in total. The summed E-state index contributed by atoms with van der Waals surface area (Å²) in [5.74, 6) is 0. The SMILES string of the molecule is CC1(C)CNCCOCCNC1. The van der Waals surface area contributed by atoms with Crippen LogP contribution in [0.4, 0.5) is 0 Å². The summed E-state index contributed by atoms with van der Waals surface area (Å²) in [6, 6.07) is 0. The Hall–Kier alpha value is -0.120. The van der Waals surface area contributed by atoms with Crippen molar-refractivity contribution in [3.05, 3.63) is 0 Å². The minimum absolute atomic E-state index is 0.358. The van der Waals surface area contributed by atoms with Crippen LogP contribution in [0.3, 0.4) is 0 Å². The van der Waals surface area contributed by atoms with Crippen LogP contribution < -0.4 is 10.6 Å². The maximum absolute atomic E-state index is 5.35. The molecule has 0 amide bonds. The topological polar surface area (TPSA) is 33.3 Å². The predicted molar refractivity (Wildman–Crippen MR) is 50.3 cm³/mol. The van der Waals surface area contributed by atoms with Gasteiger partial charge in [-0.3, -0.25) is 0 Å². The number of rotatable bonds is 0. The minimum Gasteiger partial charge on any atom is -0.379 e. The molecule has 0 saturated carbocycles. The van der Waals surface area contributed by atoms with Crippen molar-refractivity contribution in [2.75, 3.05) is 39.4 Å². The summed E-state index contributed by atoms with van der Waals surface area (Å²) in [5.41, 5.74) is 0.358. The van der Waals surface area contributed by atoms with Gasteiger partial charge < -0.3 is 15.4 Å². The molecule has 12 heavy (non-hydrogen) atoms. The predicted octanol–water partition coefficient (Wildman–Crippen LogP) is 0.222. The number of nitrogens with one attached hydrogen (secondary N) is 2. The molecular weight excluding hydrogens is 152 g/mol. The normalized spacial score (nSPS) is 26.5. The van der Waals surface area contributed by atoms with Crippen LogP contribution in [0.5, 0.6) is 0 Å². The third-order valence-corrected chi connectivity index (χ3v) is 2.05. The van der Waals surface area contributed by atoms with Gasteiger partial charge in [-0.25, -0.2) is 0 Å². The third-order valence-electron chi connectivity index (χ3n) is 2.05. The van der Waals surface area contributed by atoms with Gasteiger partial charge in [-0.05, 0) is 5.41 Å². The summed E-state index contributed by atoms with van der Waals surface area (Å²) in [7, 11) is 0. The Bertz CT molecular complexity index is 114. The highest BCUT2D eigenvalue weighted by molar-refractivity contribution is 4.74. The first-order chi connectivity index (χ1) is 5.71. The minimum atomic E-state index is 0.358. The second kappa shape index (κ2) is 4.80. The largest absolute Gasteiger partial charge is 0.379 e. The molecule has 0 aromatic heterocycles. The first-order valence-electron chi connectivity index (χ1n) is 4.70. The van der Waals surface area contributed by atoms with E-state index >= 15 is 0 Å². The van der Waals surface area contributed by atoms with Crippen molar-refractivity contribution < 1.29 is 4.74 Å². The summed E-state index contributed by atoms with van der Waals surface area (Å²) < 4.78 is 5.35. The molecule has 2 N–H and O–H groups in total. The van der Waals surface area contributed by atoms with Crippen LogP contribution in [0.25, 0.3) is 0 Å². The van der Waals surface area contributed by atoms with Crippen molar-refractivity contribution in [1.29, 1.82) is 0 Å². The van der Waals surface area contributed by atoms with Gasteiger partial charge in [-0.15, -0.1) is 0 Å². The lowest BCUT2D eigenvalue weighted by molar-refractivity contribution is 0.126. The lowest BCUT2D eigenvalue weighted by Crippen LogP contribution is -2.41. The zero-order valence-corrected chi connectivity index (χ0v) is 8.15. The Balaban J connectivity index is 2.27. The molecule has 1 rings (SSSR count). The molecule has 0 aromatic rings. The van der Waals surface area contributed by atoms with Crippen LogP contribution in [-0.2, 0) is 4.74 Å². The van der Waals surface area contributed by atoms with E-state index < -0.39 is 0 Å². The summed E-state index contributed by atoms with van der Waals surface area (Å²) in [4.78, 5) is 0. The van der Waals surface area contributed by atoms with Crippen LogP contribution in [0.2, 0.25) is 0 Å². The summed E-state index contributed by atoms with van der Waals surface area (Å²) in [6.45, 7) is 10.3. The van der Waals surface area contributed by atoms with Gasteiger partial charge in [-0.2, -0.15) is 0 Å². The Labute approximate surface area is 74.9 Å². The molecule has 1 fully saturated rings. The fraction of sp³-hybridized carbons (Fsp3) is 1.00. The number of hydrogen-bond acceptors (Lipinski definition) is 3. The zero-order chi connectivity index (χ0) is 8.86. The van der Waals surface area contributed by atoms with Gasteiger partial charge in [0.05, 0.1) is 13.2 Å². The van der Waals surface area contributed by atoms with Crippen LogP contribution >= 0.6 is 0 Å². The van der Waals surface area contributed by atoms with Crippen molar-refractivity contribution >= 4 is 0 Å². The third kappa shape index (κ3) is 4.04. The standard InChI is InChI=1S/C9H20N2O/c1-9(2)7-10-3-5-12-6-4-11-8-9/h10-11H,3-8H2,1-2H3. The molecular formula is C9H20N2O. The molecule has 1 heterocycles. The van der Waals surface area contributed by atoms with Gasteiger partial charge in [0, 0.05) is 26.2 Å². The lowest BCUT2D eigenvalue weighted by atomic mass is 9.93. The number of ether oxygens (including phenoxy) is 1. The van der Waals surface area contributed by atoms with Gasteiger partial charge >= 0.3 is 0 Å². The number of hydrogen-bond donors (Lipinski definition) is 2. The van der Waals surface area contributed by atoms with E-state index in [1.54, 1.807) is 0 Å². The highest BCUT2D eigenvalue weighted by Crippen LogP contribution is 2.11. The molecule has 0 unspecified atom stereocenters. The molecule has 1 aliphatic heterocycles. The van der Waals surface area contributed by atoms with E-state index in [4.69, 9.17) is 4.74 Å². The average molecular weight is 172 g/mol. The maximum Gasteiger partial charge on any atom is 0.0591 e. The smallest absolute Gasteiger partial charge is 0.0591 e. The molecule has 1 aliphatic rings. The average Bonchev–Trinajstić information content (AvgIpc) is 2.02. The first kappa shape index (κ1) is 9.96. The molecule has 0 spiro atoms. The van der Waals surface area contributed by atoms with Gasteiger partial charge in [0.2, 0.25) is 0 Å². The van der Waals surface area contributed by atoms with Gasteiger partial charge in [0.15, 0.2) is 0 Å². The van der Waals surface area contributed by atoms with E-state index in [0.29, 0.717) is 5.41 Å². The molecule has 0 bridgehead atoms. The van der Waals surface area contributed by atoms with Crippen molar-refractivity contribution in [2.45, 2.75) is 13.8 Å². The Morgan fingerprint density at radius 3 is 2.00 bits per heavy atom. The van der Waals surface area contributed by atoms with Gasteiger partial charge in [0.25, 0.3) is 0 Å². The second-order valence-corrected chi connectivity index (χ2v) is 4.13. The fourth-order valence-corrected chi connectivity index (χ4v) is 1.31. The van der Waals surface area contributed by atoms with Crippen LogP contribution in [0.1, 0.15) is 13.8 Å². The summed E-state index contributed by atoms with van der Waals surface area (Å²) in [6.07, 6.45) is 0. The van der Waals surface area contributed by atoms with E-state index in [-0.39, 0.29) is 0 Å². The lowest BCUT2D eigenvalue weighted by Gasteiger charge is -2.26. The van der Waals surface area contributed by atoms with Crippen LogP contribution in [-0.4, -0.2) is 39.4 Å². The summed E-state index contributed by atoms with van der Waals surface area (Å²) >= 11 is 0. The summed E-state index contributed by atoms with van der Waals surface area (Å²) in [5, 5.41) is 6.76. The molecule has 0 radical (unpaired) electrons. The van der Waals surface area contributed by atoms with Crippen LogP contribution in [0, 0.1) is 5.41 Å². The molecule has 1 saturated heterocycles. The molecule has 0 aliphatic carbocycles. The van der Waals surface area contributed by atoms with Gasteiger partial charge in [-0.1, -0.05) is 13.8 Å². The van der Waals surface area contributed by atoms with Crippen LogP contribution in [0.15, 0.2) is 0 Å². The van der Waals surface area contributed by atoms with E-state index in [2.05, 4.69) is 24.5 Å². The Morgan fingerprint density at radius 1 is 1.00 bits per heavy atom. The highest BCUT2D eigenvalue weighted by Gasteiger charge is 2.16. The zero-order valence-electron chi connectivity index (χ0n) is 8.15. The second-order valence-electron chi connectivity index (χ2n) is 4.13. The van der Waals surface area contributed by atoms with Crippen molar-refractivity contribution in [3.63, 3.8) is 0 Å². The van der Waals surface area contributed by atoms with E-state index in [1.165, 1.54) is 0 Å². The van der Waals surface area contributed by atoms with Crippen molar-refractivity contribution in [1.82, 2.24) is 10.6 Å². The van der Waals surface area contributed by atoms with Gasteiger partial charge in [0.1, 0.15) is 0 Å². The monoisotopic (exact) mass is 172 g/mol. The molecule has 72 valence electrons. The highest BCUT2D eigenvalue weighted by atomic mass is 16.5. The van der Waals surface area contributed by atoms with E-state index in [0.717, 1.165) is 39.4 Å². The first-order valence-corrected chi connectivity index (χ1v) is 4.70. The Morgan fingerprint density at radius 2 is 1.50 bits per heavy atom. The Kier molecular flexibility index (Phi) is 3.98.